The van der Waals surface area contributed by atoms with Gasteiger partial charge in [0, 0.05) is 44.0 Å². The van der Waals surface area contributed by atoms with E-state index in [4.69, 9.17) is 4.42 Å². The molecule has 2 aromatic heterocycles. The first kappa shape index (κ1) is 23.5. The zero-order valence-electron chi connectivity index (χ0n) is 23.5. The first-order valence-electron chi connectivity index (χ1n) is 14.6. The van der Waals surface area contributed by atoms with Gasteiger partial charge in [0.25, 0.3) is 0 Å². The maximum Gasteiger partial charge on any atom is 0.198 e. The highest BCUT2D eigenvalue weighted by molar-refractivity contribution is 6.73. The average molecular weight is 538 g/mol. The quantitative estimate of drug-likeness (QED) is 0.229. The lowest BCUT2D eigenvalue weighted by Crippen LogP contribution is -2.37. The Bertz CT molecular complexity index is 2390. The number of aryl methyl sites for hydroxylation is 2. The number of aromatic nitrogens is 1. The molecule has 42 heavy (non-hydrogen) atoms. The highest BCUT2D eigenvalue weighted by Gasteiger charge is 2.27. The summed E-state index contributed by atoms with van der Waals surface area (Å²) < 4.78 is 9.10. The molecule has 3 heterocycles. The summed E-state index contributed by atoms with van der Waals surface area (Å²) in [6.07, 6.45) is 0. The molecule has 198 valence electrons. The molecule has 4 heteroatoms. The second kappa shape index (κ2) is 8.64. The first-order valence-corrected chi connectivity index (χ1v) is 14.6. The number of para-hydroxylation sites is 4. The van der Waals surface area contributed by atoms with Crippen LogP contribution < -0.4 is 16.2 Å². The van der Waals surface area contributed by atoms with Crippen molar-refractivity contribution < 1.29 is 4.42 Å². The van der Waals surface area contributed by atoms with Gasteiger partial charge in [-0.25, -0.2) is 0 Å². The summed E-state index contributed by atoms with van der Waals surface area (Å²) in [6, 6.07) is 41.6. The van der Waals surface area contributed by atoms with Gasteiger partial charge in [0.1, 0.15) is 5.58 Å². The molecule has 1 aliphatic rings. The summed E-state index contributed by atoms with van der Waals surface area (Å²) in [5.41, 5.74) is 15.2. The average Bonchev–Trinajstić information content (AvgIpc) is 3.56. The molecule has 0 bridgehead atoms. The van der Waals surface area contributed by atoms with Crippen molar-refractivity contribution in [2.75, 3.05) is 5.32 Å². The minimum atomic E-state index is 0.876. The molecule has 0 atom stereocenters. The van der Waals surface area contributed by atoms with Crippen molar-refractivity contribution in [3.05, 3.63) is 126 Å². The number of fused-ring (bicyclic) bond motifs is 8. The van der Waals surface area contributed by atoms with Crippen LogP contribution in [0.3, 0.4) is 0 Å². The van der Waals surface area contributed by atoms with E-state index in [1.54, 1.807) is 0 Å². The van der Waals surface area contributed by atoms with Crippen molar-refractivity contribution in [2.24, 2.45) is 0 Å². The topological polar surface area (TPSA) is 30.1 Å². The fourth-order valence-electron chi connectivity index (χ4n) is 7.08. The lowest BCUT2D eigenvalue weighted by molar-refractivity contribution is 0.670. The SMILES string of the molecule is Cc1cc(-c2ccc3c(oc4ccccc43)c2Nc2ccccc2C)c2c(c1)-n1c3ccccc3c3cccc(c31)B2. The normalized spacial score (nSPS) is 12.2. The predicted molar refractivity (Wildman–Crippen MR) is 179 cm³/mol. The molecule has 3 nitrogen and oxygen atoms in total. The predicted octanol–water partition coefficient (Wildman–Crippen LogP) is 8.41. The Morgan fingerprint density at radius 2 is 1.45 bits per heavy atom. The fourth-order valence-corrected chi connectivity index (χ4v) is 7.08. The summed E-state index contributed by atoms with van der Waals surface area (Å²) in [5.74, 6) is 0. The van der Waals surface area contributed by atoms with Crippen molar-refractivity contribution in [1.82, 2.24) is 4.57 Å². The number of nitrogens with one attached hydrogen (secondary N) is 1. The molecule has 0 spiro atoms. The zero-order valence-corrected chi connectivity index (χ0v) is 23.5. The van der Waals surface area contributed by atoms with Crippen LogP contribution in [0, 0.1) is 13.8 Å². The Labute approximate surface area is 244 Å². The zero-order chi connectivity index (χ0) is 27.9. The van der Waals surface area contributed by atoms with Crippen LogP contribution in [-0.2, 0) is 0 Å². The maximum atomic E-state index is 6.61. The molecule has 0 fully saturated rings. The Morgan fingerprint density at radius 1 is 0.667 bits per heavy atom. The van der Waals surface area contributed by atoms with Crippen LogP contribution in [0.4, 0.5) is 11.4 Å². The lowest BCUT2D eigenvalue weighted by Gasteiger charge is -2.25. The fraction of sp³-hybridized carbons (Fsp3) is 0.0526. The van der Waals surface area contributed by atoms with E-state index in [1.807, 2.05) is 6.07 Å². The molecule has 9 rings (SSSR count). The molecular weight excluding hydrogens is 511 g/mol. The standard InChI is InChI=1S/C38H27BN2O/c1-22-20-29(35-33(21-22)41-32-16-7-4-11-24(32)27-13-9-14-30(39-35)37(27)41)26-18-19-28-25-12-5-8-17-34(25)42-38(28)36(26)40-31-15-6-3-10-23(31)2/h3-21,39-40H,1-2H3. The van der Waals surface area contributed by atoms with Crippen molar-refractivity contribution in [3.8, 4) is 16.8 Å². The van der Waals surface area contributed by atoms with E-state index in [2.05, 4.69) is 133 Å². The number of nitrogens with zero attached hydrogens (tertiary/aromatic N) is 1. The third kappa shape index (κ3) is 3.24. The van der Waals surface area contributed by atoms with Crippen molar-refractivity contribution in [3.63, 3.8) is 0 Å². The van der Waals surface area contributed by atoms with Gasteiger partial charge in [-0.05, 0) is 66.3 Å². The smallest absolute Gasteiger partial charge is 0.198 e. The second-order valence-electron chi connectivity index (χ2n) is 11.6. The molecule has 8 aromatic rings. The van der Waals surface area contributed by atoms with Crippen LogP contribution >= 0.6 is 0 Å². The van der Waals surface area contributed by atoms with Crippen molar-refractivity contribution in [2.45, 2.75) is 13.8 Å². The second-order valence-corrected chi connectivity index (χ2v) is 11.6. The van der Waals surface area contributed by atoms with E-state index in [0.717, 1.165) is 46.2 Å². The van der Waals surface area contributed by atoms with Gasteiger partial charge in [-0.1, -0.05) is 90.4 Å². The summed E-state index contributed by atoms with van der Waals surface area (Å²) in [6.45, 7) is 4.36. The van der Waals surface area contributed by atoms with E-state index in [9.17, 15) is 0 Å². The number of rotatable bonds is 3. The Kier molecular flexibility index (Phi) is 4.83. The minimum Gasteiger partial charge on any atom is -0.454 e. The van der Waals surface area contributed by atoms with Gasteiger partial charge >= 0.3 is 0 Å². The summed E-state index contributed by atoms with van der Waals surface area (Å²) in [4.78, 5) is 0. The molecule has 0 amide bonds. The molecule has 6 aromatic carbocycles. The van der Waals surface area contributed by atoms with Gasteiger partial charge in [-0.15, -0.1) is 0 Å². The van der Waals surface area contributed by atoms with Crippen LogP contribution in [0.25, 0.3) is 60.6 Å². The summed E-state index contributed by atoms with van der Waals surface area (Å²) in [5, 5.41) is 8.71. The van der Waals surface area contributed by atoms with E-state index in [0.29, 0.717) is 0 Å². The Morgan fingerprint density at radius 3 is 2.36 bits per heavy atom. The molecule has 1 N–H and O–H groups in total. The Balaban J connectivity index is 1.37. The molecular formula is C38H27BN2O. The van der Waals surface area contributed by atoms with Crippen LogP contribution in [0.1, 0.15) is 11.1 Å². The van der Waals surface area contributed by atoms with Crippen molar-refractivity contribution >= 4 is 73.3 Å². The van der Waals surface area contributed by atoms with Gasteiger partial charge < -0.3 is 14.3 Å². The molecule has 0 saturated carbocycles. The van der Waals surface area contributed by atoms with Gasteiger partial charge in [0.2, 0.25) is 0 Å². The number of anilines is 2. The molecule has 0 radical (unpaired) electrons. The van der Waals surface area contributed by atoms with Crippen LogP contribution in [0.15, 0.2) is 120 Å². The van der Waals surface area contributed by atoms with Gasteiger partial charge in [0.15, 0.2) is 12.9 Å². The molecule has 0 saturated heterocycles. The third-order valence-electron chi connectivity index (χ3n) is 9.00. The molecule has 0 aliphatic carbocycles. The number of furan rings is 1. The monoisotopic (exact) mass is 538 g/mol. The van der Waals surface area contributed by atoms with Crippen molar-refractivity contribution in [1.29, 1.82) is 0 Å². The van der Waals surface area contributed by atoms with Crippen LogP contribution in [0.5, 0.6) is 0 Å². The van der Waals surface area contributed by atoms with E-state index >= 15 is 0 Å². The van der Waals surface area contributed by atoms with E-state index in [1.165, 1.54) is 55.1 Å². The molecule has 0 unspecified atom stereocenters. The number of hydrogen-bond donors (Lipinski definition) is 1. The van der Waals surface area contributed by atoms with Gasteiger partial charge in [-0.3, -0.25) is 0 Å². The lowest BCUT2D eigenvalue weighted by atomic mass is 9.59. The Hall–Kier alpha value is -5.22. The van der Waals surface area contributed by atoms with Gasteiger partial charge in [-0.2, -0.15) is 0 Å². The number of hydrogen-bond acceptors (Lipinski definition) is 2. The van der Waals surface area contributed by atoms with E-state index < -0.39 is 0 Å². The summed E-state index contributed by atoms with van der Waals surface area (Å²) >= 11 is 0. The highest BCUT2D eigenvalue weighted by Crippen LogP contribution is 2.42. The van der Waals surface area contributed by atoms with Gasteiger partial charge in [0.05, 0.1) is 11.2 Å². The van der Waals surface area contributed by atoms with Crippen LogP contribution in [-0.4, -0.2) is 11.8 Å². The highest BCUT2D eigenvalue weighted by atomic mass is 16.3. The molecule has 1 aliphatic heterocycles. The van der Waals surface area contributed by atoms with Crippen LogP contribution in [0.2, 0.25) is 0 Å². The minimum absolute atomic E-state index is 0.876. The number of benzene rings is 6. The maximum absolute atomic E-state index is 6.61. The largest absolute Gasteiger partial charge is 0.454 e. The summed E-state index contributed by atoms with van der Waals surface area (Å²) in [7, 11) is 0.876. The van der Waals surface area contributed by atoms with E-state index in [-0.39, 0.29) is 0 Å². The first-order chi connectivity index (χ1) is 20.7. The third-order valence-corrected chi connectivity index (χ3v) is 9.00.